The van der Waals surface area contributed by atoms with E-state index in [0.29, 0.717) is 5.92 Å². The highest BCUT2D eigenvalue weighted by Gasteiger charge is 2.40. The molecule has 1 atom stereocenters. The number of fused-ring (bicyclic) bond motifs is 7. The Hall–Kier alpha value is -5.40. The van der Waals surface area contributed by atoms with Gasteiger partial charge in [0.15, 0.2) is 0 Å². The van der Waals surface area contributed by atoms with Crippen LogP contribution in [0.5, 0.6) is 0 Å². The van der Waals surface area contributed by atoms with Crippen LogP contribution in [-0.2, 0) is 18.3 Å². The quantitative estimate of drug-likeness (QED) is 0.181. The normalized spacial score (nSPS) is 14.4. The number of aryl methyl sites for hydroxylation is 1. The Bertz CT molecular complexity index is 2550. The van der Waals surface area contributed by atoms with Crippen LogP contribution in [0, 0.1) is 0 Å². The van der Waals surface area contributed by atoms with E-state index in [1.165, 1.54) is 82.7 Å². The van der Waals surface area contributed by atoms with Crippen molar-refractivity contribution in [3.63, 3.8) is 0 Å². The van der Waals surface area contributed by atoms with E-state index in [1.54, 1.807) is 0 Å². The Labute approximate surface area is 281 Å². The topological polar surface area (TPSA) is 13.1 Å². The van der Waals surface area contributed by atoms with E-state index in [0.717, 1.165) is 30.4 Å². The van der Waals surface area contributed by atoms with Gasteiger partial charge in [0.25, 0.3) is 0 Å². The summed E-state index contributed by atoms with van der Waals surface area (Å²) < 4.78 is 6.59. The second-order valence-electron chi connectivity index (χ2n) is 14.4. The highest BCUT2D eigenvalue weighted by Crippen LogP contribution is 2.58. The molecule has 0 saturated heterocycles. The van der Waals surface area contributed by atoms with Gasteiger partial charge in [0, 0.05) is 21.6 Å². The van der Waals surface area contributed by atoms with Gasteiger partial charge in [-0.05, 0) is 110 Å². The first kappa shape index (κ1) is 27.7. The summed E-state index contributed by atoms with van der Waals surface area (Å²) in [5.41, 5.74) is 16.9. The first-order valence-electron chi connectivity index (χ1n) is 17.3. The molecule has 8 aromatic rings. The van der Waals surface area contributed by atoms with Crippen molar-refractivity contribution in [1.82, 2.24) is 0 Å². The van der Waals surface area contributed by atoms with Gasteiger partial charge in [-0.1, -0.05) is 135 Å². The second-order valence-corrected chi connectivity index (χ2v) is 14.4. The molecular weight excluding hydrogens is 581 g/mol. The van der Waals surface area contributed by atoms with E-state index < -0.39 is 0 Å². The fourth-order valence-corrected chi connectivity index (χ4v) is 9.09. The van der Waals surface area contributed by atoms with E-state index in [9.17, 15) is 0 Å². The second kappa shape index (κ2) is 10.3. The lowest BCUT2D eigenvalue weighted by atomic mass is 9.76. The maximum atomic E-state index is 6.59. The van der Waals surface area contributed by atoms with Gasteiger partial charge in [-0.25, -0.2) is 0 Å². The molecule has 2 aliphatic rings. The number of hydrogen-bond donors (Lipinski definition) is 0. The minimum Gasteiger partial charge on any atom is -0.456 e. The summed E-state index contributed by atoms with van der Waals surface area (Å²) in [6.45, 7) is 4.82. The molecule has 0 radical (unpaired) electrons. The van der Waals surface area contributed by atoms with Gasteiger partial charge in [-0.15, -0.1) is 0 Å². The summed E-state index contributed by atoms with van der Waals surface area (Å²) in [4.78, 5) is 0. The molecule has 1 unspecified atom stereocenters. The highest BCUT2D eigenvalue weighted by atomic mass is 16.3. The molecule has 1 heterocycles. The molecule has 7 aromatic carbocycles. The van der Waals surface area contributed by atoms with Crippen LogP contribution in [0.2, 0.25) is 0 Å². The summed E-state index contributed by atoms with van der Waals surface area (Å²) in [6.07, 6.45) is 3.15. The molecule has 0 spiro atoms. The van der Waals surface area contributed by atoms with Crippen LogP contribution in [0.4, 0.5) is 0 Å². The van der Waals surface area contributed by atoms with Gasteiger partial charge < -0.3 is 4.42 Å². The lowest BCUT2D eigenvalue weighted by molar-refractivity contribution is 0.621. The SMILES string of the molecule is CC1(C)c2ccccc2-c2cc3ccc4oc5cccc6c5c4c3c(c21)-c1ccc(CCC(Cc2ccccc2)c2ccccc2)cc1-6. The predicted octanol–water partition coefficient (Wildman–Crippen LogP) is 12.7. The van der Waals surface area contributed by atoms with Crippen molar-refractivity contribution in [1.29, 1.82) is 0 Å². The monoisotopic (exact) mass is 616 g/mol. The first-order chi connectivity index (χ1) is 23.6. The number of hydrogen-bond acceptors (Lipinski definition) is 1. The smallest absolute Gasteiger partial charge is 0.136 e. The van der Waals surface area contributed by atoms with Crippen molar-refractivity contribution < 1.29 is 4.42 Å². The van der Waals surface area contributed by atoms with Crippen molar-refractivity contribution in [3.05, 3.63) is 167 Å². The van der Waals surface area contributed by atoms with E-state index in [-0.39, 0.29) is 5.41 Å². The molecular formula is C47H36O. The van der Waals surface area contributed by atoms with Gasteiger partial charge in [0.2, 0.25) is 0 Å². The van der Waals surface area contributed by atoms with Crippen LogP contribution in [-0.4, -0.2) is 0 Å². The van der Waals surface area contributed by atoms with Crippen molar-refractivity contribution in [2.75, 3.05) is 0 Å². The molecule has 0 N–H and O–H groups in total. The van der Waals surface area contributed by atoms with Gasteiger partial charge in [0.1, 0.15) is 11.2 Å². The Kier molecular flexibility index (Phi) is 5.94. The highest BCUT2D eigenvalue weighted by molar-refractivity contribution is 6.30. The zero-order chi connectivity index (χ0) is 32.0. The third kappa shape index (κ3) is 3.97. The Morgan fingerprint density at radius 3 is 2.15 bits per heavy atom. The van der Waals surface area contributed by atoms with Crippen LogP contribution in [0.15, 0.2) is 144 Å². The molecule has 1 heteroatoms. The van der Waals surface area contributed by atoms with E-state index >= 15 is 0 Å². The molecule has 0 amide bonds. The number of benzene rings is 7. The molecule has 0 fully saturated rings. The average molecular weight is 617 g/mol. The third-order valence-electron chi connectivity index (χ3n) is 11.3. The van der Waals surface area contributed by atoms with Gasteiger partial charge >= 0.3 is 0 Å². The van der Waals surface area contributed by atoms with E-state index in [1.807, 2.05) is 0 Å². The van der Waals surface area contributed by atoms with Crippen LogP contribution in [0.1, 0.15) is 54.0 Å². The maximum absolute atomic E-state index is 6.59. The van der Waals surface area contributed by atoms with Crippen LogP contribution < -0.4 is 0 Å². The standard InChI is InChI=1S/C47H36O/c1-47(2)39-18-10-9-16-34(39)38-28-33-23-25-41-45-42(33)44(46(38)47)36-24-21-30(27-37(36)35-17-11-19-40(48-41)43(35)45)20-22-32(31-14-7-4-8-15-31)26-29-12-5-3-6-13-29/h3-19,21,23-25,27-28,32H,20,22,26H2,1-2H3. The van der Waals surface area contributed by atoms with E-state index in [4.69, 9.17) is 4.42 Å². The maximum Gasteiger partial charge on any atom is 0.136 e. The zero-order valence-electron chi connectivity index (χ0n) is 27.4. The Morgan fingerprint density at radius 1 is 0.542 bits per heavy atom. The first-order valence-corrected chi connectivity index (χ1v) is 17.3. The summed E-state index contributed by atoms with van der Waals surface area (Å²) in [6, 6.07) is 51.9. The molecule has 0 aliphatic heterocycles. The largest absolute Gasteiger partial charge is 0.456 e. The van der Waals surface area contributed by atoms with Crippen molar-refractivity contribution in [2.45, 2.75) is 44.4 Å². The fraction of sp³-hybridized carbons (Fsp3) is 0.149. The predicted molar refractivity (Wildman–Crippen MR) is 201 cm³/mol. The molecule has 230 valence electrons. The molecule has 48 heavy (non-hydrogen) atoms. The van der Waals surface area contributed by atoms with Gasteiger partial charge in [0.05, 0.1) is 0 Å². The Morgan fingerprint density at radius 2 is 1.29 bits per heavy atom. The van der Waals surface area contributed by atoms with Crippen molar-refractivity contribution in [2.24, 2.45) is 0 Å². The van der Waals surface area contributed by atoms with Crippen LogP contribution >= 0.6 is 0 Å². The molecule has 0 bridgehead atoms. The number of furan rings is 1. The Balaban J connectivity index is 1.17. The molecule has 0 saturated carbocycles. The van der Waals surface area contributed by atoms with Gasteiger partial charge in [-0.3, -0.25) is 0 Å². The van der Waals surface area contributed by atoms with Crippen molar-refractivity contribution >= 4 is 32.7 Å². The van der Waals surface area contributed by atoms with Crippen LogP contribution in [0.3, 0.4) is 0 Å². The van der Waals surface area contributed by atoms with Crippen LogP contribution in [0.25, 0.3) is 66.1 Å². The third-order valence-corrected chi connectivity index (χ3v) is 11.3. The minimum atomic E-state index is -0.132. The summed E-state index contributed by atoms with van der Waals surface area (Å²) in [5.74, 6) is 0.449. The lowest BCUT2D eigenvalue weighted by Crippen LogP contribution is -2.16. The van der Waals surface area contributed by atoms with E-state index in [2.05, 4.69) is 153 Å². The fourth-order valence-electron chi connectivity index (χ4n) is 9.09. The summed E-state index contributed by atoms with van der Waals surface area (Å²) in [5, 5.41) is 5.11. The number of rotatable bonds is 6. The van der Waals surface area contributed by atoms with Gasteiger partial charge in [-0.2, -0.15) is 0 Å². The zero-order valence-corrected chi connectivity index (χ0v) is 27.4. The molecule has 1 aromatic heterocycles. The summed E-state index contributed by atoms with van der Waals surface area (Å²) >= 11 is 0. The van der Waals surface area contributed by atoms with Crippen molar-refractivity contribution in [3.8, 4) is 33.4 Å². The lowest BCUT2D eigenvalue weighted by Gasteiger charge is -2.26. The molecule has 2 aliphatic carbocycles. The average Bonchev–Trinajstić information content (AvgIpc) is 3.58. The molecule has 1 nitrogen and oxygen atoms in total. The minimum absolute atomic E-state index is 0.132. The molecule has 10 rings (SSSR count). The summed E-state index contributed by atoms with van der Waals surface area (Å²) in [7, 11) is 0.